The predicted octanol–water partition coefficient (Wildman–Crippen LogP) is 5.07. The van der Waals surface area contributed by atoms with E-state index in [2.05, 4.69) is 53.5 Å². The molecule has 3 heterocycles. The molecule has 0 aliphatic carbocycles. The third kappa shape index (κ3) is 5.13. The molecule has 0 spiro atoms. The second-order valence-corrected chi connectivity index (χ2v) is 9.22. The second kappa shape index (κ2) is 9.45. The van der Waals surface area contributed by atoms with Gasteiger partial charge in [-0.05, 0) is 64.9 Å². The van der Waals surface area contributed by atoms with Crippen LogP contribution in [0.3, 0.4) is 0 Å². The van der Waals surface area contributed by atoms with Crippen LogP contribution in [-0.4, -0.2) is 44.6 Å². The first-order valence-electron chi connectivity index (χ1n) is 11.1. The summed E-state index contributed by atoms with van der Waals surface area (Å²) in [6, 6.07) is 10.1. The Balaban J connectivity index is 1.30. The Morgan fingerprint density at radius 1 is 1.26 bits per heavy atom. The van der Waals surface area contributed by atoms with Gasteiger partial charge < -0.3 is 4.74 Å². The monoisotopic (exact) mass is 441 g/mol. The Morgan fingerprint density at radius 3 is 2.84 bits per heavy atom. The van der Waals surface area contributed by atoms with Crippen LogP contribution in [0.1, 0.15) is 60.6 Å². The molecule has 1 aliphatic rings. The van der Waals surface area contributed by atoms with Gasteiger partial charge in [0, 0.05) is 53.4 Å². The van der Waals surface area contributed by atoms with Crippen molar-refractivity contribution in [2.75, 3.05) is 19.7 Å². The SMILES string of the molecule is Cc1nn(C(C)C)c(C)c1CN1CC[C@H](c2cc(CCOc3cccc(Cl)c3)[nH]n2)C1. The Morgan fingerprint density at radius 2 is 2.10 bits per heavy atom. The molecule has 0 saturated carbocycles. The first-order chi connectivity index (χ1) is 14.9. The van der Waals surface area contributed by atoms with E-state index < -0.39 is 0 Å². The van der Waals surface area contributed by atoms with Crippen molar-refractivity contribution < 1.29 is 4.74 Å². The van der Waals surface area contributed by atoms with E-state index in [4.69, 9.17) is 21.4 Å². The van der Waals surface area contributed by atoms with E-state index in [1.165, 1.54) is 11.3 Å². The molecule has 1 aromatic carbocycles. The maximum atomic E-state index is 6.01. The molecule has 166 valence electrons. The predicted molar refractivity (Wildman–Crippen MR) is 124 cm³/mol. The molecule has 2 aromatic heterocycles. The zero-order valence-corrected chi connectivity index (χ0v) is 19.6. The van der Waals surface area contributed by atoms with Crippen LogP contribution in [0.25, 0.3) is 0 Å². The van der Waals surface area contributed by atoms with Crippen molar-refractivity contribution in [1.82, 2.24) is 24.9 Å². The zero-order valence-electron chi connectivity index (χ0n) is 18.9. The van der Waals surface area contributed by atoms with Crippen LogP contribution in [0.5, 0.6) is 5.75 Å². The number of likely N-dealkylation sites (tertiary alicyclic amines) is 1. The van der Waals surface area contributed by atoms with Crippen molar-refractivity contribution >= 4 is 11.6 Å². The summed E-state index contributed by atoms with van der Waals surface area (Å²) in [6.45, 7) is 12.4. The van der Waals surface area contributed by atoms with Crippen molar-refractivity contribution in [3.8, 4) is 5.75 Å². The zero-order chi connectivity index (χ0) is 22.0. The second-order valence-electron chi connectivity index (χ2n) is 8.78. The molecule has 1 aliphatic heterocycles. The lowest BCUT2D eigenvalue weighted by Gasteiger charge is -2.16. The topological polar surface area (TPSA) is 59.0 Å². The largest absolute Gasteiger partial charge is 0.493 e. The van der Waals surface area contributed by atoms with Gasteiger partial charge in [0.1, 0.15) is 5.75 Å². The average Bonchev–Trinajstić information content (AvgIpc) is 3.44. The van der Waals surface area contributed by atoms with Gasteiger partial charge in [-0.1, -0.05) is 17.7 Å². The van der Waals surface area contributed by atoms with Crippen molar-refractivity contribution in [2.24, 2.45) is 0 Å². The van der Waals surface area contributed by atoms with Gasteiger partial charge in [0.15, 0.2) is 0 Å². The summed E-state index contributed by atoms with van der Waals surface area (Å²) in [5.41, 5.74) is 6.08. The number of aromatic nitrogens is 4. The molecule has 0 radical (unpaired) electrons. The maximum absolute atomic E-state index is 6.01. The Kier molecular flexibility index (Phi) is 6.68. The molecule has 1 fully saturated rings. The lowest BCUT2D eigenvalue weighted by Crippen LogP contribution is -2.20. The quantitative estimate of drug-likeness (QED) is 0.530. The molecule has 1 saturated heterocycles. The van der Waals surface area contributed by atoms with E-state index in [1.807, 2.05) is 24.3 Å². The van der Waals surface area contributed by atoms with Crippen molar-refractivity contribution in [3.05, 3.63) is 63.7 Å². The van der Waals surface area contributed by atoms with Crippen molar-refractivity contribution in [1.29, 1.82) is 0 Å². The highest BCUT2D eigenvalue weighted by Crippen LogP contribution is 2.29. The number of aromatic amines is 1. The molecule has 31 heavy (non-hydrogen) atoms. The molecule has 0 bridgehead atoms. The number of benzene rings is 1. The van der Waals surface area contributed by atoms with Crippen LogP contribution in [0.15, 0.2) is 30.3 Å². The number of halogens is 1. The number of hydrogen-bond acceptors (Lipinski definition) is 4. The van der Waals surface area contributed by atoms with Crippen LogP contribution in [-0.2, 0) is 13.0 Å². The van der Waals surface area contributed by atoms with Crippen LogP contribution in [0.4, 0.5) is 0 Å². The summed E-state index contributed by atoms with van der Waals surface area (Å²) < 4.78 is 7.94. The minimum absolute atomic E-state index is 0.393. The third-order valence-electron chi connectivity index (χ3n) is 6.12. The smallest absolute Gasteiger partial charge is 0.120 e. The molecule has 7 heteroatoms. The molecule has 1 atom stereocenters. The van der Waals surface area contributed by atoms with Crippen molar-refractivity contribution in [3.63, 3.8) is 0 Å². The van der Waals surface area contributed by atoms with Gasteiger partial charge in [0.25, 0.3) is 0 Å². The molecule has 0 unspecified atom stereocenters. The molecule has 3 aromatic rings. The summed E-state index contributed by atoms with van der Waals surface area (Å²) in [5.74, 6) is 1.27. The number of H-pyrrole nitrogens is 1. The summed E-state index contributed by atoms with van der Waals surface area (Å²) >= 11 is 6.01. The average molecular weight is 442 g/mol. The fraction of sp³-hybridized carbons (Fsp3) is 0.500. The van der Waals surface area contributed by atoms with E-state index in [1.54, 1.807) is 0 Å². The summed E-state index contributed by atoms with van der Waals surface area (Å²) in [4.78, 5) is 2.53. The van der Waals surface area contributed by atoms with Gasteiger partial charge in [-0.2, -0.15) is 10.2 Å². The molecule has 4 rings (SSSR count). The molecular weight excluding hydrogens is 410 g/mol. The van der Waals surface area contributed by atoms with E-state index in [0.29, 0.717) is 23.6 Å². The fourth-order valence-corrected chi connectivity index (χ4v) is 4.60. The highest BCUT2D eigenvalue weighted by Gasteiger charge is 2.27. The molecule has 1 N–H and O–H groups in total. The molecule has 0 amide bonds. The third-order valence-corrected chi connectivity index (χ3v) is 6.36. The highest BCUT2D eigenvalue weighted by molar-refractivity contribution is 6.30. The standard InChI is InChI=1S/C24H32ClN5O/c1-16(2)30-18(4)23(17(3)28-30)15-29-10-8-19(14-29)24-13-21(26-27-24)9-11-31-22-7-5-6-20(25)12-22/h5-7,12-13,16,19H,8-11,14-15H2,1-4H3,(H,26,27)/t19-/m0/s1. The summed E-state index contributed by atoms with van der Waals surface area (Å²) in [7, 11) is 0. The number of rotatable bonds is 8. The van der Waals surface area contributed by atoms with E-state index in [0.717, 1.165) is 55.3 Å². The molecular formula is C24H32ClN5O. The Labute approximate surface area is 189 Å². The van der Waals surface area contributed by atoms with E-state index in [-0.39, 0.29) is 0 Å². The number of aryl methyl sites for hydroxylation is 1. The van der Waals surface area contributed by atoms with E-state index >= 15 is 0 Å². The Hall–Kier alpha value is -2.31. The number of nitrogens with zero attached hydrogens (tertiary/aromatic N) is 4. The van der Waals surface area contributed by atoms with Gasteiger partial charge in [0.2, 0.25) is 0 Å². The fourth-order valence-electron chi connectivity index (χ4n) is 4.42. The van der Waals surface area contributed by atoms with Crippen molar-refractivity contribution in [2.45, 2.75) is 59.0 Å². The van der Waals surface area contributed by atoms with Gasteiger partial charge in [-0.3, -0.25) is 14.7 Å². The van der Waals surface area contributed by atoms with Crippen LogP contribution >= 0.6 is 11.6 Å². The first-order valence-corrected chi connectivity index (χ1v) is 11.5. The lowest BCUT2D eigenvalue weighted by atomic mass is 10.0. The van der Waals surface area contributed by atoms with Gasteiger partial charge in [-0.25, -0.2) is 0 Å². The lowest BCUT2D eigenvalue weighted by molar-refractivity contribution is 0.320. The minimum Gasteiger partial charge on any atom is -0.493 e. The highest BCUT2D eigenvalue weighted by atomic mass is 35.5. The molecule has 6 nitrogen and oxygen atoms in total. The minimum atomic E-state index is 0.393. The number of hydrogen-bond donors (Lipinski definition) is 1. The van der Waals surface area contributed by atoms with Crippen LogP contribution in [0, 0.1) is 13.8 Å². The van der Waals surface area contributed by atoms with Gasteiger partial charge in [-0.15, -0.1) is 0 Å². The van der Waals surface area contributed by atoms with Crippen LogP contribution < -0.4 is 4.74 Å². The Bertz CT molecular complexity index is 1020. The number of ether oxygens (including phenoxy) is 1. The van der Waals surface area contributed by atoms with E-state index in [9.17, 15) is 0 Å². The van der Waals surface area contributed by atoms with Gasteiger partial charge >= 0.3 is 0 Å². The van der Waals surface area contributed by atoms with Gasteiger partial charge in [0.05, 0.1) is 18.0 Å². The first kappa shape index (κ1) is 21.9. The summed E-state index contributed by atoms with van der Waals surface area (Å²) in [5, 5.41) is 13.2. The summed E-state index contributed by atoms with van der Waals surface area (Å²) in [6.07, 6.45) is 1.93. The normalized spacial score (nSPS) is 17.0. The number of nitrogens with one attached hydrogen (secondary N) is 1. The van der Waals surface area contributed by atoms with Crippen LogP contribution in [0.2, 0.25) is 5.02 Å². The maximum Gasteiger partial charge on any atom is 0.120 e.